The van der Waals surface area contributed by atoms with Crippen LogP contribution in [0.25, 0.3) is 0 Å². The minimum Gasteiger partial charge on any atom is -0.433 e. The van der Waals surface area contributed by atoms with Crippen LogP contribution in [0, 0.1) is 5.92 Å². The summed E-state index contributed by atoms with van der Waals surface area (Å²) in [7, 11) is 0. The van der Waals surface area contributed by atoms with Crippen molar-refractivity contribution in [1.29, 1.82) is 0 Å². The number of rotatable bonds is 5. The normalized spacial score (nSPS) is 34.0. The third kappa shape index (κ3) is 4.24. The van der Waals surface area contributed by atoms with Crippen molar-refractivity contribution in [1.82, 2.24) is 0 Å². The van der Waals surface area contributed by atoms with Gasteiger partial charge in [-0.2, -0.15) is 0 Å². The standard InChI is InChI=1S/C13H22O7/c1-6(2)4-5-8(15)19-13-11(18)9(16)10(17)12(20-13)7(3)14/h6,9-13,16-18H,4-5H2,1-3H3/t9-,10-,11+,12+,13?/m0/s1. The molecule has 0 amide bonds. The predicted molar refractivity (Wildman–Crippen MR) is 67.5 cm³/mol. The first kappa shape index (κ1) is 17.0. The molecule has 116 valence electrons. The number of aliphatic hydroxyl groups is 3. The molecule has 0 aromatic carbocycles. The summed E-state index contributed by atoms with van der Waals surface area (Å²) in [5.41, 5.74) is 0. The number of hydrogen-bond acceptors (Lipinski definition) is 7. The van der Waals surface area contributed by atoms with Crippen molar-refractivity contribution < 1.29 is 34.4 Å². The molecular formula is C13H22O7. The molecule has 1 heterocycles. The van der Waals surface area contributed by atoms with Gasteiger partial charge in [0.25, 0.3) is 0 Å². The molecule has 0 aromatic rings. The summed E-state index contributed by atoms with van der Waals surface area (Å²) in [6, 6.07) is 0. The Morgan fingerprint density at radius 1 is 1.15 bits per heavy atom. The van der Waals surface area contributed by atoms with E-state index in [4.69, 9.17) is 9.47 Å². The molecule has 1 fully saturated rings. The van der Waals surface area contributed by atoms with Gasteiger partial charge in [-0.3, -0.25) is 9.59 Å². The van der Waals surface area contributed by atoms with Gasteiger partial charge < -0.3 is 24.8 Å². The number of carbonyl (C=O) groups is 2. The van der Waals surface area contributed by atoms with Crippen LogP contribution in [0.2, 0.25) is 0 Å². The average molecular weight is 290 g/mol. The molecule has 1 aliphatic heterocycles. The minimum absolute atomic E-state index is 0.146. The Morgan fingerprint density at radius 3 is 2.25 bits per heavy atom. The van der Waals surface area contributed by atoms with E-state index in [2.05, 4.69) is 0 Å². The maximum atomic E-state index is 11.6. The molecule has 5 atom stereocenters. The van der Waals surface area contributed by atoms with Crippen LogP contribution < -0.4 is 0 Å². The lowest BCUT2D eigenvalue weighted by Gasteiger charge is -2.38. The zero-order valence-electron chi connectivity index (χ0n) is 11.9. The quantitative estimate of drug-likeness (QED) is 0.577. The van der Waals surface area contributed by atoms with Crippen molar-refractivity contribution in [2.24, 2.45) is 5.92 Å². The van der Waals surface area contributed by atoms with Crippen LogP contribution in [0.5, 0.6) is 0 Å². The summed E-state index contributed by atoms with van der Waals surface area (Å²) in [5, 5.41) is 29.0. The smallest absolute Gasteiger partial charge is 0.308 e. The second kappa shape index (κ2) is 7.12. The van der Waals surface area contributed by atoms with Crippen molar-refractivity contribution in [2.75, 3.05) is 0 Å². The van der Waals surface area contributed by atoms with E-state index >= 15 is 0 Å². The first-order valence-electron chi connectivity index (χ1n) is 6.63. The number of esters is 1. The molecule has 3 N–H and O–H groups in total. The molecule has 0 saturated carbocycles. The summed E-state index contributed by atoms with van der Waals surface area (Å²) in [4.78, 5) is 22.9. The number of Topliss-reactive ketones (excluding diaryl/α,β-unsaturated/α-hetero) is 1. The van der Waals surface area contributed by atoms with Gasteiger partial charge in [-0.25, -0.2) is 0 Å². The van der Waals surface area contributed by atoms with Crippen molar-refractivity contribution >= 4 is 11.8 Å². The first-order valence-corrected chi connectivity index (χ1v) is 6.63. The maximum absolute atomic E-state index is 11.6. The SMILES string of the molecule is CC(=O)[C@H]1OC(OC(=O)CCC(C)C)[C@H](O)[C@@H](O)[C@@H]1O. The largest absolute Gasteiger partial charge is 0.433 e. The number of ether oxygens (including phenoxy) is 2. The van der Waals surface area contributed by atoms with Crippen LogP contribution in [0.15, 0.2) is 0 Å². The highest BCUT2D eigenvalue weighted by atomic mass is 16.7. The molecule has 1 unspecified atom stereocenters. The molecule has 0 aromatic heterocycles. The molecule has 1 saturated heterocycles. The monoisotopic (exact) mass is 290 g/mol. The van der Waals surface area contributed by atoms with Gasteiger partial charge in [0.05, 0.1) is 0 Å². The first-order chi connectivity index (χ1) is 9.23. The summed E-state index contributed by atoms with van der Waals surface area (Å²) in [5.74, 6) is -0.794. The highest BCUT2D eigenvalue weighted by molar-refractivity contribution is 5.81. The second-order valence-electron chi connectivity index (χ2n) is 5.43. The van der Waals surface area contributed by atoms with Gasteiger partial charge in [0.2, 0.25) is 6.29 Å². The van der Waals surface area contributed by atoms with Gasteiger partial charge in [0.15, 0.2) is 5.78 Å². The molecular weight excluding hydrogens is 268 g/mol. The number of hydrogen-bond donors (Lipinski definition) is 3. The lowest BCUT2D eigenvalue weighted by molar-refractivity contribution is -0.282. The summed E-state index contributed by atoms with van der Waals surface area (Å²) in [6.45, 7) is 5.08. The third-order valence-electron chi connectivity index (χ3n) is 3.14. The molecule has 0 radical (unpaired) electrons. The van der Waals surface area contributed by atoms with Crippen LogP contribution in [0.3, 0.4) is 0 Å². The van der Waals surface area contributed by atoms with Crippen molar-refractivity contribution in [3.8, 4) is 0 Å². The molecule has 7 nitrogen and oxygen atoms in total. The summed E-state index contributed by atoms with van der Waals surface area (Å²) in [6.07, 6.45) is -6.77. The van der Waals surface area contributed by atoms with Crippen LogP contribution in [-0.4, -0.2) is 57.8 Å². The third-order valence-corrected chi connectivity index (χ3v) is 3.14. The van der Waals surface area contributed by atoms with E-state index in [0.717, 1.165) is 0 Å². The topological polar surface area (TPSA) is 113 Å². The molecule has 1 aliphatic rings. The molecule has 0 aliphatic carbocycles. The van der Waals surface area contributed by atoms with Crippen molar-refractivity contribution in [2.45, 2.75) is 64.3 Å². The van der Waals surface area contributed by atoms with Gasteiger partial charge in [-0.15, -0.1) is 0 Å². The van der Waals surface area contributed by atoms with Gasteiger partial charge in [0.1, 0.15) is 24.4 Å². The number of aliphatic hydroxyl groups excluding tert-OH is 3. The second-order valence-corrected chi connectivity index (χ2v) is 5.43. The van der Waals surface area contributed by atoms with Crippen LogP contribution in [0.1, 0.15) is 33.6 Å². The van der Waals surface area contributed by atoms with Gasteiger partial charge >= 0.3 is 5.97 Å². The number of ketones is 1. The molecule has 0 bridgehead atoms. The highest BCUT2D eigenvalue weighted by Crippen LogP contribution is 2.23. The van der Waals surface area contributed by atoms with E-state index in [1.165, 1.54) is 6.92 Å². The van der Waals surface area contributed by atoms with E-state index in [9.17, 15) is 24.9 Å². The Hall–Kier alpha value is -1.02. The van der Waals surface area contributed by atoms with Gasteiger partial charge in [0, 0.05) is 6.42 Å². The van der Waals surface area contributed by atoms with Gasteiger partial charge in [-0.05, 0) is 19.3 Å². The van der Waals surface area contributed by atoms with E-state index in [1.54, 1.807) is 0 Å². The van der Waals surface area contributed by atoms with E-state index in [0.29, 0.717) is 12.3 Å². The predicted octanol–water partition coefficient (Wildman–Crippen LogP) is -0.638. The fraction of sp³-hybridized carbons (Fsp3) is 0.846. The molecule has 1 rings (SSSR count). The molecule has 7 heteroatoms. The Bertz CT molecular complexity index is 355. The maximum Gasteiger partial charge on any atom is 0.308 e. The fourth-order valence-electron chi connectivity index (χ4n) is 1.88. The van der Waals surface area contributed by atoms with Gasteiger partial charge in [-0.1, -0.05) is 13.8 Å². The average Bonchev–Trinajstić information content (AvgIpc) is 2.36. The molecule has 20 heavy (non-hydrogen) atoms. The van der Waals surface area contributed by atoms with Crippen molar-refractivity contribution in [3.63, 3.8) is 0 Å². The summed E-state index contributed by atoms with van der Waals surface area (Å²) < 4.78 is 9.99. The van der Waals surface area contributed by atoms with E-state index in [-0.39, 0.29) is 6.42 Å². The Morgan fingerprint density at radius 2 is 1.75 bits per heavy atom. The van der Waals surface area contributed by atoms with E-state index < -0.39 is 42.5 Å². The zero-order valence-corrected chi connectivity index (χ0v) is 11.9. The number of carbonyl (C=O) groups excluding carboxylic acids is 2. The van der Waals surface area contributed by atoms with Crippen LogP contribution >= 0.6 is 0 Å². The Labute approximate surface area is 117 Å². The minimum atomic E-state index is -1.61. The van der Waals surface area contributed by atoms with Crippen LogP contribution in [-0.2, 0) is 19.1 Å². The lowest BCUT2D eigenvalue weighted by Crippen LogP contribution is -2.60. The summed E-state index contributed by atoms with van der Waals surface area (Å²) >= 11 is 0. The Balaban J connectivity index is 2.64. The van der Waals surface area contributed by atoms with Crippen molar-refractivity contribution in [3.05, 3.63) is 0 Å². The van der Waals surface area contributed by atoms with E-state index in [1.807, 2.05) is 13.8 Å². The fourth-order valence-corrected chi connectivity index (χ4v) is 1.88. The highest BCUT2D eigenvalue weighted by Gasteiger charge is 2.47. The molecule has 0 spiro atoms. The zero-order chi connectivity index (χ0) is 15.4. The van der Waals surface area contributed by atoms with Crippen LogP contribution in [0.4, 0.5) is 0 Å². The lowest BCUT2D eigenvalue weighted by atomic mass is 9.97. The Kier molecular flexibility index (Phi) is 6.07.